The maximum absolute atomic E-state index is 13.4. The van der Waals surface area contributed by atoms with Gasteiger partial charge < -0.3 is 14.5 Å². The number of rotatable bonds is 8. The smallest absolute Gasteiger partial charge is 0.242 e. The fourth-order valence-electron chi connectivity index (χ4n) is 3.62. The fourth-order valence-corrected chi connectivity index (χ4v) is 4.34. The number of amides is 2. The van der Waals surface area contributed by atoms with Gasteiger partial charge in [0.15, 0.2) is 0 Å². The zero-order chi connectivity index (χ0) is 21.6. The van der Waals surface area contributed by atoms with Crippen LogP contribution in [-0.4, -0.2) is 47.4 Å². The van der Waals surface area contributed by atoms with Crippen molar-refractivity contribution in [3.63, 3.8) is 0 Å². The molecule has 1 aromatic carbocycles. The van der Waals surface area contributed by atoms with Crippen LogP contribution in [0.15, 0.2) is 47.8 Å². The zero-order valence-electron chi connectivity index (χ0n) is 18.2. The first-order valence-corrected chi connectivity index (χ1v) is 11.5. The Labute approximate surface area is 183 Å². The molecule has 2 heterocycles. The lowest BCUT2D eigenvalue weighted by Gasteiger charge is -2.33. The predicted molar refractivity (Wildman–Crippen MR) is 120 cm³/mol. The number of nitrogens with zero attached hydrogens (tertiary/aromatic N) is 2. The van der Waals surface area contributed by atoms with Crippen molar-refractivity contribution in [2.45, 2.75) is 52.8 Å². The van der Waals surface area contributed by atoms with Crippen LogP contribution in [0.4, 0.5) is 0 Å². The van der Waals surface area contributed by atoms with Gasteiger partial charge in [-0.05, 0) is 29.9 Å². The predicted octanol–water partition coefficient (Wildman–Crippen LogP) is 4.33. The molecule has 1 fully saturated rings. The summed E-state index contributed by atoms with van der Waals surface area (Å²) >= 11 is 1.64. The van der Waals surface area contributed by atoms with E-state index in [9.17, 15) is 9.59 Å². The Morgan fingerprint density at radius 1 is 1.07 bits per heavy atom. The number of carbonyl (C=O) groups excluding carboxylic acids is 2. The van der Waals surface area contributed by atoms with Crippen LogP contribution < -0.4 is 0 Å². The van der Waals surface area contributed by atoms with Crippen LogP contribution in [0, 0.1) is 5.41 Å². The molecule has 1 aromatic heterocycles. The summed E-state index contributed by atoms with van der Waals surface area (Å²) in [4.78, 5) is 31.2. The molecule has 1 atom stereocenters. The monoisotopic (exact) mass is 428 g/mol. The molecular formula is C24H32N2O3S. The molecule has 162 valence electrons. The van der Waals surface area contributed by atoms with Crippen LogP contribution in [0.3, 0.4) is 0 Å². The Morgan fingerprint density at radius 3 is 2.43 bits per heavy atom. The Bertz CT molecular complexity index is 809. The summed E-state index contributed by atoms with van der Waals surface area (Å²) in [6, 6.07) is 14.0. The van der Waals surface area contributed by atoms with Crippen molar-refractivity contribution in [3.8, 4) is 0 Å². The Balaban J connectivity index is 1.76. The highest BCUT2D eigenvalue weighted by atomic mass is 32.1. The highest BCUT2D eigenvalue weighted by molar-refractivity contribution is 7.09. The summed E-state index contributed by atoms with van der Waals surface area (Å²) in [5.74, 6) is -0.0509. The lowest BCUT2D eigenvalue weighted by Crippen LogP contribution is -2.48. The normalized spacial score (nSPS) is 16.4. The van der Waals surface area contributed by atoms with Gasteiger partial charge in [0.2, 0.25) is 11.8 Å². The van der Waals surface area contributed by atoms with Gasteiger partial charge in [-0.2, -0.15) is 0 Å². The number of thiophene rings is 1. The van der Waals surface area contributed by atoms with E-state index in [1.54, 1.807) is 16.2 Å². The molecule has 1 aliphatic rings. The number of hydrogen-bond donors (Lipinski definition) is 0. The molecule has 0 N–H and O–H groups in total. The van der Waals surface area contributed by atoms with E-state index in [4.69, 9.17) is 4.74 Å². The topological polar surface area (TPSA) is 49.9 Å². The van der Waals surface area contributed by atoms with Gasteiger partial charge in [0.05, 0.1) is 19.2 Å². The number of benzene rings is 1. The molecule has 1 aliphatic heterocycles. The van der Waals surface area contributed by atoms with Gasteiger partial charge >= 0.3 is 0 Å². The third-order valence-corrected chi connectivity index (χ3v) is 6.06. The lowest BCUT2D eigenvalue weighted by molar-refractivity contribution is -0.147. The molecule has 1 unspecified atom stereocenters. The summed E-state index contributed by atoms with van der Waals surface area (Å²) in [5.41, 5.74) is 0.534. The molecular weight excluding hydrogens is 396 g/mol. The van der Waals surface area contributed by atoms with Crippen molar-refractivity contribution < 1.29 is 14.3 Å². The first-order valence-electron chi connectivity index (χ1n) is 10.6. The Kier molecular flexibility index (Phi) is 7.67. The summed E-state index contributed by atoms with van der Waals surface area (Å²) in [6.45, 7) is 8.04. The highest BCUT2D eigenvalue weighted by Crippen LogP contribution is 2.22. The maximum Gasteiger partial charge on any atom is 0.242 e. The van der Waals surface area contributed by atoms with Gasteiger partial charge in [0, 0.05) is 30.0 Å². The largest absolute Gasteiger partial charge is 0.376 e. The molecule has 1 saturated heterocycles. The van der Waals surface area contributed by atoms with E-state index < -0.39 is 5.41 Å². The Morgan fingerprint density at radius 2 is 1.83 bits per heavy atom. The first-order chi connectivity index (χ1) is 14.3. The molecule has 0 spiro atoms. The van der Waals surface area contributed by atoms with Crippen LogP contribution in [0.1, 0.15) is 44.1 Å². The summed E-state index contributed by atoms with van der Waals surface area (Å²) in [5, 5.41) is 2.02. The molecule has 5 nitrogen and oxygen atoms in total. The number of ether oxygens (including phenoxy) is 1. The summed E-state index contributed by atoms with van der Waals surface area (Å²) in [7, 11) is 0. The lowest BCUT2D eigenvalue weighted by atomic mass is 9.94. The third-order valence-electron chi connectivity index (χ3n) is 5.20. The minimum atomic E-state index is -0.545. The Hall–Kier alpha value is -2.18. The summed E-state index contributed by atoms with van der Waals surface area (Å²) < 4.78 is 5.75. The van der Waals surface area contributed by atoms with Gasteiger partial charge in [0.25, 0.3) is 0 Å². The van der Waals surface area contributed by atoms with E-state index in [0.717, 1.165) is 29.9 Å². The van der Waals surface area contributed by atoms with Crippen LogP contribution in [0.5, 0.6) is 0 Å². The van der Waals surface area contributed by atoms with Crippen molar-refractivity contribution in [3.05, 3.63) is 58.3 Å². The van der Waals surface area contributed by atoms with Crippen molar-refractivity contribution in [1.82, 2.24) is 9.80 Å². The van der Waals surface area contributed by atoms with Crippen molar-refractivity contribution >= 4 is 23.2 Å². The molecule has 0 bridgehead atoms. The minimum Gasteiger partial charge on any atom is -0.376 e. The third kappa shape index (κ3) is 6.41. The van der Waals surface area contributed by atoms with Crippen molar-refractivity contribution in [1.29, 1.82) is 0 Å². The van der Waals surface area contributed by atoms with Crippen LogP contribution >= 0.6 is 11.3 Å². The van der Waals surface area contributed by atoms with Crippen LogP contribution in [0.25, 0.3) is 0 Å². The second-order valence-electron chi connectivity index (χ2n) is 8.89. The van der Waals surface area contributed by atoms with E-state index in [0.29, 0.717) is 19.6 Å². The molecule has 0 aliphatic carbocycles. The second-order valence-corrected chi connectivity index (χ2v) is 9.92. The highest BCUT2D eigenvalue weighted by Gasteiger charge is 2.32. The average Bonchev–Trinajstić information content (AvgIpc) is 3.40. The standard InChI is InChI=1S/C24H32N2O3S/c1-24(2,3)23(28)26(16-20-11-7-13-29-20)18-22(27)25(17-21-12-8-14-30-21)15-19-9-5-4-6-10-19/h4-6,8-10,12,14,20H,7,11,13,15-18H2,1-3H3. The average molecular weight is 429 g/mol. The van der Waals surface area contributed by atoms with E-state index >= 15 is 0 Å². The molecule has 6 heteroatoms. The van der Waals surface area contributed by atoms with Crippen LogP contribution in [-0.2, 0) is 27.4 Å². The number of carbonyl (C=O) groups is 2. The molecule has 0 radical (unpaired) electrons. The first kappa shape index (κ1) is 22.5. The fraction of sp³-hybridized carbons (Fsp3) is 0.500. The van der Waals surface area contributed by atoms with Gasteiger partial charge in [0.1, 0.15) is 0 Å². The molecule has 2 amide bonds. The van der Waals surface area contributed by atoms with E-state index in [2.05, 4.69) is 0 Å². The van der Waals surface area contributed by atoms with Crippen molar-refractivity contribution in [2.24, 2.45) is 5.41 Å². The van der Waals surface area contributed by atoms with E-state index in [1.165, 1.54) is 0 Å². The van der Waals surface area contributed by atoms with Gasteiger partial charge in [-0.3, -0.25) is 9.59 Å². The maximum atomic E-state index is 13.4. The van der Waals surface area contributed by atoms with Gasteiger partial charge in [-0.1, -0.05) is 57.2 Å². The van der Waals surface area contributed by atoms with Crippen molar-refractivity contribution in [2.75, 3.05) is 19.7 Å². The zero-order valence-corrected chi connectivity index (χ0v) is 19.0. The van der Waals surface area contributed by atoms with E-state index in [1.807, 2.05) is 73.5 Å². The quantitative estimate of drug-likeness (QED) is 0.629. The summed E-state index contributed by atoms with van der Waals surface area (Å²) in [6.07, 6.45) is 1.96. The molecule has 30 heavy (non-hydrogen) atoms. The van der Waals surface area contributed by atoms with Crippen LogP contribution in [0.2, 0.25) is 0 Å². The van der Waals surface area contributed by atoms with Gasteiger partial charge in [-0.25, -0.2) is 0 Å². The minimum absolute atomic E-state index is 0.0119. The molecule has 3 rings (SSSR count). The SMILES string of the molecule is CC(C)(C)C(=O)N(CC(=O)N(Cc1ccccc1)Cc1cccs1)CC1CCCO1. The van der Waals surface area contributed by atoms with E-state index in [-0.39, 0.29) is 24.5 Å². The number of hydrogen-bond acceptors (Lipinski definition) is 4. The molecule has 0 saturated carbocycles. The van der Waals surface area contributed by atoms with Gasteiger partial charge in [-0.15, -0.1) is 11.3 Å². The second kappa shape index (κ2) is 10.2. The molecule has 2 aromatic rings.